The van der Waals surface area contributed by atoms with E-state index in [0.717, 1.165) is 31.7 Å². The van der Waals surface area contributed by atoms with Crippen molar-refractivity contribution in [2.24, 2.45) is 11.7 Å². The van der Waals surface area contributed by atoms with Crippen LogP contribution in [0.2, 0.25) is 0 Å². The molecule has 1 saturated carbocycles. The highest BCUT2D eigenvalue weighted by Crippen LogP contribution is 2.33. The third kappa shape index (κ3) is 3.06. The second-order valence-electron chi connectivity index (χ2n) is 4.65. The monoisotopic (exact) mass is 207 g/mol. The third-order valence-electron chi connectivity index (χ3n) is 3.13. The molecule has 0 aliphatic heterocycles. The predicted octanol–water partition coefficient (Wildman–Crippen LogP) is 1.96. The van der Waals surface area contributed by atoms with E-state index in [2.05, 4.69) is 18.2 Å². The van der Waals surface area contributed by atoms with Crippen molar-refractivity contribution in [3.05, 3.63) is 18.0 Å². The summed E-state index contributed by atoms with van der Waals surface area (Å²) in [4.78, 5) is 0. The lowest BCUT2D eigenvalue weighted by Gasteiger charge is -2.07. The molecule has 0 spiro atoms. The van der Waals surface area contributed by atoms with E-state index in [1.54, 1.807) is 0 Å². The molecule has 0 aromatic carbocycles. The molecule has 15 heavy (non-hydrogen) atoms. The number of rotatable bonds is 6. The van der Waals surface area contributed by atoms with Gasteiger partial charge in [-0.05, 0) is 43.6 Å². The van der Waals surface area contributed by atoms with Crippen LogP contribution in [-0.4, -0.2) is 15.8 Å². The molecule has 1 fully saturated rings. The lowest BCUT2D eigenvalue weighted by Crippen LogP contribution is -2.22. The topological polar surface area (TPSA) is 43.8 Å². The lowest BCUT2D eigenvalue weighted by molar-refractivity contribution is 0.549. The van der Waals surface area contributed by atoms with Gasteiger partial charge in [0.2, 0.25) is 0 Å². The predicted molar refractivity (Wildman–Crippen MR) is 61.5 cm³/mol. The van der Waals surface area contributed by atoms with Crippen LogP contribution in [-0.2, 0) is 13.0 Å². The Labute approximate surface area is 91.7 Å². The fourth-order valence-electron chi connectivity index (χ4n) is 1.98. The normalized spacial score (nSPS) is 18.0. The Hall–Kier alpha value is -0.830. The van der Waals surface area contributed by atoms with Crippen molar-refractivity contribution in [2.75, 3.05) is 0 Å². The second-order valence-corrected chi connectivity index (χ2v) is 4.65. The summed E-state index contributed by atoms with van der Waals surface area (Å²) in [6.07, 6.45) is 10.2. The highest BCUT2D eigenvalue weighted by Gasteiger charge is 2.27. The quantitative estimate of drug-likeness (QED) is 0.775. The maximum atomic E-state index is 6.07. The average Bonchev–Trinajstić information content (AvgIpc) is 2.98. The molecule has 0 bridgehead atoms. The summed E-state index contributed by atoms with van der Waals surface area (Å²) in [5.74, 6) is 0.815. The van der Waals surface area contributed by atoms with E-state index in [1.165, 1.54) is 18.4 Å². The van der Waals surface area contributed by atoms with Crippen molar-refractivity contribution in [1.29, 1.82) is 0 Å². The smallest absolute Gasteiger partial charge is 0.0521 e. The molecule has 84 valence electrons. The van der Waals surface area contributed by atoms with Gasteiger partial charge < -0.3 is 5.73 Å². The number of nitrogens with zero attached hydrogens (tertiary/aromatic N) is 2. The van der Waals surface area contributed by atoms with Crippen molar-refractivity contribution >= 4 is 0 Å². The summed E-state index contributed by atoms with van der Waals surface area (Å²) >= 11 is 0. The van der Waals surface area contributed by atoms with Gasteiger partial charge in [0.15, 0.2) is 0 Å². The van der Waals surface area contributed by atoms with Gasteiger partial charge in [-0.25, -0.2) is 0 Å². The van der Waals surface area contributed by atoms with E-state index in [4.69, 9.17) is 5.73 Å². The zero-order valence-corrected chi connectivity index (χ0v) is 9.52. The van der Waals surface area contributed by atoms with Crippen molar-refractivity contribution in [3.8, 4) is 0 Å². The summed E-state index contributed by atoms with van der Waals surface area (Å²) in [6.45, 7) is 3.19. The van der Waals surface area contributed by atoms with Crippen molar-refractivity contribution in [3.63, 3.8) is 0 Å². The second kappa shape index (κ2) is 4.79. The molecule has 1 unspecified atom stereocenters. The van der Waals surface area contributed by atoms with Crippen LogP contribution in [0.1, 0.15) is 38.2 Å². The van der Waals surface area contributed by atoms with Crippen LogP contribution in [0.4, 0.5) is 0 Å². The first-order chi connectivity index (χ1) is 7.29. The van der Waals surface area contributed by atoms with E-state index >= 15 is 0 Å². The van der Waals surface area contributed by atoms with Gasteiger partial charge in [0.1, 0.15) is 0 Å². The molecule has 1 aromatic heterocycles. The number of aryl methyl sites for hydroxylation is 2. The highest BCUT2D eigenvalue weighted by atomic mass is 15.3. The van der Waals surface area contributed by atoms with Crippen molar-refractivity contribution in [2.45, 2.75) is 51.6 Å². The van der Waals surface area contributed by atoms with E-state index < -0.39 is 0 Å². The molecule has 0 amide bonds. The molecule has 2 rings (SSSR count). The molecule has 1 heterocycles. The van der Waals surface area contributed by atoms with Gasteiger partial charge in [-0.2, -0.15) is 5.10 Å². The van der Waals surface area contributed by atoms with Crippen LogP contribution in [0, 0.1) is 5.92 Å². The third-order valence-corrected chi connectivity index (χ3v) is 3.13. The first-order valence-corrected chi connectivity index (χ1v) is 6.06. The molecule has 1 aromatic rings. The largest absolute Gasteiger partial charge is 0.327 e. The first-order valence-electron chi connectivity index (χ1n) is 6.06. The molecule has 1 atom stereocenters. The summed E-state index contributed by atoms with van der Waals surface area (Å²) in [5.41, 5.74) is 7.40. The molecule has 1 aliphatic carbocycles. The van der Waals surface area contributed by atoms with Crippen LogP contribution in [0.3, 0.4) is 0 Å². The van der Waals surface area contributed by atoms with Crippen LogP contribution >= 0.6 is 0 Å². The van der Waals surface area contributed by atoms with Crippen LogP contribution in [0.25, 0.3) is 0 Å². The van der Waals surface area contributed by atoms with Crippen LogP contribution in [0.15, 0.2) is 12.4 Å². The highest BCUT2D eigenvalue weighted by molar-refractivity contribution is 5.04. The Morgan fingerprint density at radius 1 is 1.60 bits per heavy atom. The molecule has 3 heteroatoms. The van der Waals surface area contributed by atoms with E-state index in [9.17, 15) is 0 Å². The number of aromatic nitrogens is 2. The fourth-order valence-corrected chi connectivity index (χ4v) is 1.98. The van der Waals surface area contributed by atoms with Gasteiger partial charge in [0.05, 0.1) is 6.20 Å². The van der Waals surface area contributed by atoms with Crippen LogP contribution in [0.5, 0.6) is 0 Å². The van der Waals surface area contributed by atoms with Crippen LogP contribution < -0.4 is 5.73 Å². The minimum atomic E-state index is 0.416. The SMILES string of the molecule is CCCn1cc(CCC(N)C2CC2)cn1. The average molecular weight is 207 g/mol. The minimum absolute atomic E-state index is 0.416. The van der Waals surface area contributed by atoms with Gasteiger partial charge in [-0.15, -0.1) is 0 Å². The molecule has 3 nitrogen and oxygen atoms in total. The van der Waals surface area contributed by atoms with Crippen molar-refractivity contribution in [1.82, 2.24) is 9.78 Å². The molecular weight excluding hydrogens is 186 g/mol. The zero-order chi connectivity index (χ0) is 10.7. The number of hydrogen-bond donors (Lipinski definition) is 1. The van der Waals surface area contributed by atoms with Crippen molar-refractivity contribution < 1.29 is 0 Å². The van der Waals surface area contributed by atoms with E-state index in [0.29, 0.717) is 6.04 Å². The Morgan fingerprint density at radius 2 is 2.40 bits per heavy atom. The van der Waals surface area contributed by atoms with Gasteiger partial charge >= 0.3 is 0 Å². The summed E-state index contributed by atoms with van der Waals surface area (Å²) < 4.78 is 2.03. The van der Waals surface area contributed by atoms with Gasteiger partial charge in [0, 0.05) is 18.8 Å². The fraction of sp³-hybridized carbons (Fsp3) is 0.750. The molecule has 0 saturated heterocycles. The molecule has 2 N–H and O–H groups in total. The standard InChI is InChI=1S/C12H21N3/c1-2-7-15-9-10(8-14-15)3-6-12(13)11-4-5-11/h8-9,11-12H,2-7,13H2,1H3. The number of hydrogen-bond acceptors (Lipinski definition) is 2. The Bertz CT molecular complexity index is 302. The molecule has 0 radical (unpaired) electrons. The summed E-state index contributed by atoms with van der Waals surface area (Å²) in [6, 6.07) is 0.416. The summed E-state index contributed by atoms with van der Waals surface area (Å²) in [7, 11) is 0. The van der Waals surface area contributed by atoms with E-state index in [1.807, 2.05) is 10.9 Å². The maximum Gasteiger partial charge on any atom is 0.0521 e. The Morgan fingerprint density at radius 3 is 3.07 bits per heavy atom. The van der Waals surface area contributed by atoms with Gasteiger partial charge in [-0.3, -0.25) is 4.68 Å². The van der Waals surface area contributed by atoms with Gasteiger partial charge in [-0.1, -0.05) is 6.92 Å². The maximum absolute atomic E-state index is 6.07. The Kier molecular flexibility index (Phi) is 3.41. The molecule has 1 aliphatic rings. The Balaban J connectivity index is 1.76. The number of nitrogens with two attached hydrogens (primary N) is 1. The minimum Gasteiger partial charge on any atom is -0.327 e. The lowest BCUT2D eigenvalue weighted by atomic mass is 10.1. The van der Waals surface area contributed by atoms with E-state index in [-0.39, 0.29) is 0 Å². The zero-order valence-electron chi connectivity index (χ0n) is 9.52. The summed E-state index contributed by atoms with van der Waals surface area (Å²) in [5, 5.41) is 4.32. The first kappa shape index (κ1) is 10.7. The molecular formula is C12H21N3. The van der Waals surface area contributed by atoms with Gasteiger partial charge in [0.25, 0.3) is 0 Å².